The molecule has 0 amide bonds. The molecule has 0 aliphatic rings. The number of nitrogens with one attached hydrogen (secondary N) is 1. The summed E-state index contributed by atoms with van der Waals surface area (Å²) in [6.07, 6.45) is 1.76. The first-order valence-corrected chi connectivity index (χ1v) is 11.5. The molecule has 160 valence electrons. The standard InChI is InChI=1S/C23H20F2N2O3S/c1-3-31(28,29)13-15-4-6-21(30-22-7-5-16(24)12-20(22)25)19(11-15)18-10-14(2)27-23-17(18)8-9-26-23/h4-12H,3,13H2,1-2H3,(H,26,27). The van der Waals surface area contributed by atoms with Crippen molar-refractivity contribution in [2.24, 2.45) is 0 Å². The lowest BCUT2D eigenvalue weighted by Gasteiger charge is -2.15. The Bertz CT molecular complexity index is 1380. The van der Waals surface area contributed by atoms with Gasteiger partial charge < -0.3 is 9.72 Å². The van der Waals surface area contributed by atoms with Crippen molar-refractivity contribution in [3.63, 3.8) is 0 Å². The van der Waals surface area contributed by atoms with Crippen LogP contribution < -0.4 is 4.74 Å². The average Bonchev–Trinajstić information content (AvgIpc) is 3.18. The minimum absolute atomic E-state index is 0.0256. The number of aromatic amines is 1. The van der Waals surface area contributed by atoms with Gasteiger partial charge in [-0.3, -0.25) is 0 Å². The van der Waals surface area contributed by atoms with Gasteiger partial charge in [0.2, 0.25) is 0 Å². The van der Waals surface area contributed by atoms with Gasteiger partial charge >= 0.3 is 0 Å². The second kappa shape index (κ2) is 8.11. The Morgan fingerprint density at radius 3 is 2.52 bits per heavy atom. The summed E-state index contributed by atoms with van der Waals surface area (Å²) < 4.78 is 57.7. The van der Waals surface area contributed by atoms with E-state index in [1.54, 1.807) is 31.3 Å². The van der Waals surface area contributed by atoms with Crippen LogP contribution in [0.4, 0.5) is 8.78 Å². The molecule has 1 N–H and O–H groups in total. The zero-order valence-electron chi connectivity index (χ0n) is 16.9. The maximum Gasteiger partial charge on any atom is 0.168 e. The molecule has 0 radical (unpaired) electrons. The Labute approximate surface area is 178 Å². The van der Waals surface area contributed by atoms with E-state index in [1.165, 1.54) is 6.07 Å². The van der Waals surface area contributed by atoms with E-state index >= 15 is 0 Å². The molecule has 0 atom stereocenters. The summed E-state index contributed by atoms with van der Waals surface area (Å²) in [5.74, 6) is -1.45. The van der Waals surface area contributed by atoms with Crippen LogP contribution in [-0.2, 0) is 15.6 Å². The van der Waals surface area contributed by atoms with E-state index in [1.807, 2.05) is 19.1 Å². The van der Waals surface area contributed by atoms with Crippen molar-refractivity contribution >= 4 is 20.9 Å². The molecule has 31 heavy (non-hydrogen) atoms. The topological polar surface area (TPSA) is 72.1 Å². The van der Waals surface area contributed by atoms with Gasteiger partial charge in [0.25, 0.3) is 0 Å². The summed E-state index contributed by atoms with van der Waals surface area (Å²) in [6, 6.07) is 11.8. The molecular formula is C23H20F2N2O3S. The minimum Gasteiger partial charge on any atom is -0.454 e. The van der Waals surface area contributed by atoms with Crippen LogP contribution in [0.1, 0.15) is 18.2 Å². The number of hydrogen-bond acceptors (Lipinski definition) is 4. The van der Waals surface area contributed by atoms with Crippen LogP contribution in [0.2, 0.25) is 0 Å². The Hall–Kier alpha value is -3.26. The second-order valence-corrected chi connectivity index (χ2v) is 9.59. The van der Waals surface area contributed by atoms with Crippen LogP contribution in [0.3, 0.4) is 0 Å². The molecule has 0 saturated carbocycles. The fourth-order valence-electron chi connectivity index (χ4n) is 3.39. The molecule has 0 bridgehead atoms. The van der Waals surface area contributed by atoms with E-state index in [0.29, 0.717) is 22.5 Å². The molecule has 4 aromatic rings. The van der Waals surface area contributed by atoms with E-state index < -0.39 is 21.5 Å². The van der Waals surface area contributed by atoms with E-state index in [9.17, 15) is 17.2 Å². The van der Waals surface area contributed by atoms with Crippen LogP contribution in [0, 0.1) is 18.6 Å². The molecule has 0 aliphatic heterocycles. The number of fused-ring (bicyclic) bond motifs is 1. The third kappa shape index (κ3) is 4.44. The zero-order valence-corrected chi connectivity index (χ0v) is 17.8. The van der Waals surface area contributed by atoms with Gasteiger partial charge in [-0.15, -0.1) is 0 Å². The molecule has 4 rings (SSSR count). The van der Waals surface area contributed by atoms with Gasteiger partial charge in [-0.1, -0.05) is 13.0 Å². The molecule has 8 heteroatoms. The Morgan fingerprint density at radius 2 is 1.77 bits per heavy atom. The van der Waals surface area contributed by atoms with Crippen molar-refractivity contribution in [3.05, 3.63) is 77.6 Å². The SMILES string of the molecule is CCS(=O)(=O)Cc1ccc(Oc2ccc(F)cc2F)c(-c2cc(C)nc3[nH]ccc23)c1. The van der Waals surface area contributed by atoms with Crippen LogP contribution in [0.15, 0.2) is 54.7 Å². The molecule has 0 unspecified atom stereocenters. The fourth-order valence-corrected chi connectivity index (χ4v) is 4.28. The van der Waals surface area contributed by atoms with Gasteiger partial charge in [-0.2, -0.15) is 0 Å². The maximum absolute atomic E-state index is 14.2. The highest BCUT2D eigenvalue weighted by molar-refractivity contribution is 7.90. The van der Waals surface area contributed by atoms with Crippen LogP contribution >= 0.6 is 0 Å². The highest BCUT2D eigenvalue weighted by Gasteiger charge is 2.17. The van der Waals surface area contributed by atoms with E-state index in [0.717, 1.165) is 28.8 Å². The Balaban J connectivity index is 1.89. The predicted octanol–water partition coefficient (Wildman–Crippen LogP) is 5.54. The lowest BCUT2D eigenvalue weighted by Crippen LogP contribution is -2.06. The summed E-state index contributed by atoms with van der Waals surface area (Å²) >= 11 is 0. The zero-order chi connectivity index (χ0) is 22.2. The molecule has 5 nitrogen and oxygen atoms in total. The predicted molar refractivity (Wildman–Crippen MR) is 116 cm³/mol. The smallest absolute Gasteiger partial charge is 0.168 e. The van der Waals surface area contributed by atoms with Crippen molar-refractivity contribution in [1.29, 1.82) is 0 Å². The summed E-state index contributed by atoms with van der Waals surface area (Å²) in [6.45, 7) is 3.44. The summed E-state index contributed by atoms with van der Waals surface area (Å²) in [5.41, 5.74) is 3.34. The highest BCUT2D eigenvalue weighted by Crippen LogP contribution is 2.38. The van der Waals surface area contributed by atoms with Crippen molar-refractivity contribution in [2.75, 3.05) is 5.75 Å². The number of pyridine rings is 1. The fraction of sp³-hybridized carbons (Fsp3) is 0.174. The van der Waals surface area contributed by atoms with Gasteiger partial charge in [-0.25, -0.2) is 22.2 Å². The van der Waals surface area contributed by atoms with Gasteiger partial charge in [0.15, 0.2) is 21.4 Å². The van der Waals surface area contributed by atoms with E-state index in [2.05, 4.69) is 9.97 Å². The first-order chi connectivity index (χ1) is 14.8. The first kappa shape index (κ1) is 21.0. The molecule has 2 aromatic carbocycles. The molecule has 0 saturated heterocycles. The van der Waals surface area contributed by atoms with Crippen LogP contribution in [-0.4, -0.2) is 24.1 Å². The van der Waals surface area contributed by atoms with E-state index in [-0.39, 0.29) is 17.3 Å². The van der Waals surface area contributed by atoms with Gasteiger partial charge in [0.1, 0.15) is 17.2 Å². The lowest BCUT2D eigenvalue weighted by molar-refractivity contribution is 0.439. The Kier molecular flexibility index (Phi) is 5.49. The normalized spacial score (nSPS) is 11.7. The van der Waals surface area contributed by atoms with Crippen LogP contribution in [0.25, 0.3) is 22.2 Å². The largest absolute Gasteiger partial charge is 0.454 e. The average molecular weight is 442 g/mol. The number of aryl methyl sites for hydroxylation is 1. The summed E-state index contributed by atoms with van der Waals surface area (Å²) in [5, 5.41) is 0.811. The number of hydrogen-bond donors (Lipinski definition) is 1. The van der Waals surface area contributed by atoms with Gasteiger partial charge in [-0.05, 0) is 54.4 Å². The third-order valence-corrected chi connectivity index (χ3v) is 6.58. The maximum atomic E-state index is 14.2. The van der Waals surface area contributed by atoms with Gasteiger partial charge in [0, 0.05) is 34.7 Å². The third-order valence-electron chi connectivity index (χ3n) is 4.93. The van der Waals surface area contributed by atoms with E-state index in [4.69, 9.17) is 4.74 Å². The molecule has 2 heterocycles. The van der Waals surface area contributed by atoms with Gasteiger partial charge in [0.05, 0.1) is 5.75 Å². The summed E-state index contributed by atoms with van der Waals surface area (Å²) in [7, 11) is -3.26. The molecular weight excluding hydrogens is 422 g/mol. The molecule has 0 aliphatic carbocycles. The second-order valence-electron chi connectivity index (χ2n) is 7.24. The highest BCUT2D eigenvalue weighted by atomic mass is 32.2. The van der Waals surface area contributed by atoms with Crippen LogP contribution in [0.5, 0.6) is 11.5 Å². The quantitative estimate of drug-likeness (QED) is 0.425. The number of benzene rings is 2. The van der Waals surface area contributed by atoms with Crippen molar-refractivity contribution in [3.8, 4) is 22.6 Å². The number of sulfone groups is 1. The van der Waals surface area contributed by atoms with Crippen molar-refractivity contribution in [2.45, 2.75) is 19.6 Å². The number of H-pyrrole nitrogens is 1. The first-order valence-electron chi connectivity index (χ1n) is 9.67. The number of halogens is 2. The van der Waals surface area contributed by atoms with Crippen molar-refractivity contribution < 1.29 is 21.9 Å². The number of rotatable bonds is 6. The minimum atomic E-state index is -3.26. The monoisotopic (exact) mass is 442 g/mol. The number of ether oxygens (including phenoxy) is 1. The molecule has 2 aromatic heterocycles. The summed E-state index contributed by atoms with van der Waals surface area (Å²) in [4.78, 5) is 7.53. The molecule has 0 fully saturated rings. The number of aromatic nitrogens is 2. The van der Waals surface area contributed by atoms with Crippen molar-refractivity contribution in [1.82, 2.24) is 9.97 Å². The Morgan fingerprint density at radius 1 is 1.00 bits per heavy atom. The lowest BCUT2D eigenvalue weighted by atomic mass is 9.99. The number of nitrogens with zero attached hydrogens (tertiary/aromatic N) is 1. The molecule has 0 spiro atoms.